The van der Waals surface area contributed by atoms with Gasteiger partial charge in [0.1, 0.15) is 11.2 Å². The Morgan fingerprint density at radius 1 is 1.52 bits per heavy atom. The number of hydrogen-bond donors (Lipinski definition) is 1. The van der Waals surface area contributed by atoms with E-state index < -0.39 is 11.4 Å². The molecule has 114 valence electrons. The number of likely N-dealkylation sites (tertiary alicyclic amines) is 1. The number of carbonyl (C=O) groups is 1. The third-order valence-corrected chi connectivity index (χ3v) is 5.21. The van der Waals surface area contributed by atoms with Gasteiger partial charge in [-0.1, -0.05) is 11.6 Å². The molecule has 3 heterocycles. The average molecular weight is 310 g/mol. The van der Waals surface area contributed by atoms with Crippen LogP contribution in [0.15, 0.2) is 18.3 Å². The van der Waals surface area contributed by atoms with E-state index in [1.54, 1.807) is 18.3 Å². The molecule has 3 rings (SSSR count). The first-order valence-electron chi connectivity index (χ1n) is 7.34. The molecule has 0 aromatic carbocycles. The topological polar surface area (TPSA) is 56.7 Å². The van der Waals surface area contributed by atoms with Gasteiger partial charge in [-0.25, -0.2) is 4.98 Å². The number of fused-ring (bicyclic) bond motifs is 1. The van der Waals surface area contributed by atoms with Gasteiger partial charge in [-0.2, -0.15) is 0 Å². The minimum absolute atomic E-state index is 0.0995. The molecule has 0 amide bonds. The first-order valence-corrected chi connectivity index (χ1v) is 7.71. The van der Waals surface area contributed by atoms with E-state index in [1.807, 2.05) is 11.9 Å². The third-order valence-electron chi connectivity index (χ3n) is 4.91. The zero-order valence-electron chi connectivity index (χ0n) is 12.1. The third kappa shape index (κ3) is 2.38. The van der Waals surface area contributed by atoms with Crippen LogP contribution in [-0.2, 0) is 4.79 Å². The Balaban J connectivity index is 1.93. The number of anilines is 1. The maximum Gasteiger partial charge on any atom is 0.313 e. The van der Waals surface area contributed by atoms with Gasteiger partial charge in [-0.3, -0.25) is 4.79 Å². The molecule has 1 aromatic heterocycles. The van der Waals surface area contributed by atoms with Gasteiger partial charge in [-0.05, 0) is 45.0 Å². The van der Waals surface area contributed by atoms with Crippen LogP contribution in [0.4, 0.5) is 5.82 Å². The van der Waals surface area contributed by atoms with Gasteiger partial charge >= 0.3 is 5.97 Å². The summed E-state index contributed by atoms with van der Waals surface area (Å²) in [6.45, 7) is 2.25. The van der Waals surface area contributed by atoms with Gasteiger partial charge in [0.05, 0.1) is 5.02 Å². The summed E-state index contributed by atoms with van der Waals surface area (Å²) < 4.78 is 0. The summed E-state index contributed by atoms with van der Waals surface area (Å²) in [7, 11) is 2.03. The van der Waals surface area contributed by atoms with E-state index >= 15 is 0 Å². The molecule has 0 spiro atoms. The summed E-state index contributed by atoms with van der Waals surface area (Å²) in [6, 6.07) is 3.69. The minimum Gasteiger partial charge on any atom is -0.481 e. The highest BCUT2D eigenvalue weighted by molar-refractivity contribution is 6.32. The van der Waals surface area contributed by atoms with Crippen LogP contribution in [0.25, 0.3) is 0 Å². The molecule has 0 radical (unpaired) electrons. The van der Waals surface area contributed by atoms with Gasteiger partial charge in [0.25, 0.3) is 0 Å². The lowest BCUT2D eigenvalue weighted by atomic mass is 9.69. The number of pyridine rings is 1. The maximum atomic E-state index is 12.0. The van der Waals surface area contributed by atoms with Gasteiger partial charge in [0.15, 0.2) is 0 Å². The fraction of sp³-hybridized carbons (Fsp3) is 0.600. The van der Waals surface area contributed by atoms with Crippen LogP contribution in [0.5, 0.6) is 0 Å². The summed E-state index contributed by atoms with van der Waals surface area (Å²) in [6.07, 6.45) is 4.17. The molecule has 0 aliphatic carbocycles. The Morgan fingerprint density at radius 2 is 2.33 bits per heavy atom. The standard InChI is InChI=1S/C15H20ClN3O2/c1-18-8-3-6-15(14(20)21)10-19(9-5-12(15)18)13-11(16)4-2-7-17-13/h2,4,7,12H,3,5-6,8-10H2,1H3,(H,20,21)/t12-,15+/m1/s1. The summed E-state index contributed by atoms with van der Waals surface area (Å²) >= 11 is 6.22. The zero-order chi connectivity index (χ0) is 15.0. The van der Waals surface area contributed by atoms with Crippen molar-refractivity contribution in [3.63, 3.8) is 0 Å². The van der Waals surface area contributed by atoms with Crippen LogP contribution in [0.3, 0.4) is 0 Å². The van der Waals surface area contributed by atoms with E-state index in [-0.39, 0.29) is 6.04 Å². The fourth-order valence-corrected chi connectivity index (χ4v) is 4.12. The number of piperidine rings is 2. The molecule has 2 saturated heterocycles. The molecule has 0 bridgehead atoms. The molecular weight excluding hydrogens is 290 g/mol. The largest absolute Gasteiger partial charge is 0.481 e. The highest BCUT2D eigenvalue weighted by atomic mass is 35.5. The number of aliphatic carboxylic acids is 1. The van der Waals surface area contributed by atoms with Gasteiger partial charge < -0.3 is 14.9 Å². The highest BCUT2D eigenvalue weighted by Crippen LogP contribution is 2.42. The second-order valence-corrected chi connectivity index (χ2v) is 6.49. The molecule has 2 aliphatic rings. The Kier molecular flexibility index (Phi) is 3.80. The van der Waals surface area contributed by atoms with Crippen molar-refractivity contribution in [2.75, 3.05) is 31.6 Å². The van der Waals surface area contributed by atoms with Gasteiger partial charge in [-0.15, -0.1) is 0 Å². The lowest BCUT2D eigenvalue weighted by Gasteiger charge is -2.52. The van der Waals surface area contributed by atoms with Gasteiger partial charge in [0, 0.05) is 25.3 Å². The van der Waals surface area contributed by atoms with Crippen molar-refractivity contribution in [2.24, 2.45) is 5.41 Å². The molecule has 2 fully saturated rings. The predicted octanol–water partition coefficient (Wildman–Crippen LogP) is 2.11. The van der Waals surface area contributed by atoms with Crippen molar-refractivity contribution in [1.29, 1.82) is 0 Å². The average Bonchev–Trinajstić information content (AvgIpc) is 2.47. The summed E-state index contributed by atoms with van der Waals surface area (Å²) in [5.74, 6) is 0.00210. The summed E-state index contributed by atoms with van der Waals surface area (Å²) in [5.41, 5.74) is -0.716. The van der Waals surface area contributed by atoms with Crippen molar-refractivity contribution in [2.45, 2.75) is 25.3 Å². The van der Waals surface area contributed by atoms with E-state index in [0.717, 1.165) is 32.4 Å². The normalized spacial score (nSPS) is 30.0. The highest BCUT2D eigenvalue weighted by Gasteiger charge is 2.52. The molecular formula is C15H20ClN3O2. The molecule has 1 N–H and O–H groups in total. The Hall–Kier alpha value is -1.33. The fourth-order valence-electron chi connectivity index (χ4n) is 3.88. The van der Waals surface area contributed by atoms with Crippen molar-refractivity contribution < 1.29 is 9.90 Å². The number of nitrogens with zero attached hydrogens (tertiary/aromatic N) is 3. The van der Waals surface area contributed by atoms with Crippen LogP contribution in [0, 0.1) is 5.41 Å². The van der Waals surface area contributed by atoms with Crippen molar-refractivity contribution in [1.82, 2.24) is 9.88 Å². The molecule has 6 heteroatoms. The number of rotatable bonds is 2. The van der Waals surface area contributed by atoms with E-state index in [0.29, 0.717) is 17.4 Å². The van der Waals surface area contributed by atoms with Crippen LogP contribution in [-0.4, -0.2) is 53.7 Å². The number of hydrogen-bond acceptors (Lipinski definition) is 4. The predicted molar refractivity (Wildman–Crippen MR) is 81.8 cm³/mol. The molecule has 2 atom stereocenters. The number of aromatic nitrogens is 1. The summed E-state index contributed by atoms with van der Waals surface area (Å²) in [5, 5.41) is 10.5. The Bertz CT molecular complexity index is 553. The minimum atomic E-state index is -0.716. The van der Waals surface area contributed by atoms with Crippen molar-refractivity contribution in [3.05, 3.63) is 23.4 Å². The Labute approximate surface area is 129 Å². The molecule has 5 nitrogen and oxygen atoms in total. The first-order chi connectivity index (χ1) is 10.0. The lowest BCUT2D eigenvalue weighted by molar-refractivity contribution is -0.157. The molecule has 2 aliphatic heterocycles. The second kappa shape index (κ2) is 5.46. The van der Waals surface area contributed by atoms with E-state index in [1.165, 1.54) is 0 Å². The quantitative estimate of drug-likeness (QED) is 0.907. The number of carboxylic acids is 1. The van der Waals surface area contributed by atoms with Crippen LogP contribution < -0.4 is 4.90 Å². The van der Waals surface area contributed by atoms with Crippen LogP contribution in [0.2, 0.25) is 5.02 Å². The van der Waals surface area contributed by atoms with E-state index in [9.17, 15) is 9.90 Å². The molecule has 0 saturated carbocycles. The number of halogens is 1. The van der Waals surface area contributed by atoms with E-state index in [2.05, 4.69) is 9.88 Å². The maximum absolute atomic E-state index is 12.0. The number of carboxylic acid groups (broad SMARTS) is 1. The molecule has 0 unspecified atom stereocenters. The smallest absolute Gasteiger partial charge is 0.313 e. The van der Waals surface area contributed by atoms with Crippen LogP contribution >= 0.6 is 11.6 Å². The van der Waals surface area contributed by atoms with E-state index in [4.69, 9.17) is 11.6 Å². The van der Waals surface area contributed by atoms with Crippen LogP contribution in [0.1, 0.15) is 19.3 Å². The van der Waals surface area contributed by atoms with Crippen molar-refractivity contribution in [3.8, 4) is 0 Å². The molecule has 1 aromatic rings. The first kappa shape index (κ1) is 14.6. The SMILES string of the molecule is CN1CCC[C@]2(C(=O)O)CN(c3ncccc3Cl)CC[C@@H]12. The Morgan fingerprint density at radius 3 is 3.05 bits per heavy atom. The molecule has 21 heavy (non-hydrogen) atoms. The monoisotopic (exact) mass is 309 g/mol. The van der Waals surface area contributed by atoms with Crippen molar-refractivity contribution >= 4 is 23.4 Å². The van der Waals surface area contributed by atoms with Gasteiger partial charge in [0.2, 0.25) is 0 Å². The zero-order valence-corrected chi connectivity index (χ0v) is 12.9. The summed E-state index contributed by atoms with van der Waals surface area (Å²) in [4.78, 5) is 20.6. The lowest BCUT2D eigenvalue weighted by Crippen LogP contribution is -2.63. The second-order valence-electron chi connectivity index (χ2n) is 6.08.